The van der Waals surface area contributed by atoms with Gasteiger partial charge in [-0.05, 0) is 39.0 Å². The highest BCUT2D eigenvalue weighted by molar-refractivity contribution is 4.93. The Hall–Kier alpha value is -0.940. The van der Waals surface area contributed by atoms with Crippen LogP contribution in [0, 0.1) is 5.92 Å². The van der Waals surface area contributed by atoms with E-state index in [0.29, 0.717) is 18.2 Å². The Morgan fingerprint density at radius 1 is 1.32 bits per heavy atom. The van der Waals surface area contributed by atoms with Gasteiger partial charge < -0.3 is 9.30 Å². The average molecular weight is 306 g/mol. The predicted molar refractivity (Wildman–Crippen MR) is 86.6 cm³/mol. The van der Waals surface area contributed by atoms with Crippen molar-refractivity contribution < 1.29 is 4.74 Å². The van der Waals surface area contributed by atoms with E-state index in [-0.39, 0.29) is 0 Å². The largest absolute Gasteiger partial charge is 0.372 e. The maximum Gasteiger partial charge on any atom is 0.147 e. The van der Waals surface area contributed by atoms with Gasteiger partial charge in [-0.2, -0.15) is 0 Å². The van der Waals surface area contributed by atoms with Gasteiger partial charge in [0.1, 0.15) is 12.2 Å². The van der Waals surface area contributed by atoms with Crippen LogP contribution in [0.2, 0.25) is 0 Å². The molecule has 124 valence electrons. The highest BCUT2D eigenvalue weighted by Crippen LogP contribution is 2.37. The maximum atomic E-state index is 6.36. The molecule has 1 aromatic heterocycles. The van der Waals surface area contributed by atoms with Crippen LogP contribution in [0.25, 0.3) is 0 Å². The summed E-state index contributed by atoms with van der Waals surface area (Å²) in [4.78, 5) is 2.54. The highest BCUT2D eigenvalue weighted by atomic mass is 16.5. The molecular weight excluding hydrogens is 276 g/mol. The van der Waals surface area contributed by atoms with Gasteiger partial charge in [0.2, 0.25) is 0 Å². The molecule has 1 saturated heterocycles. The Morgan fingerprint density at radius 2 is 2.14 bits per heavy atom. The molecule has 1 aromatic rings. The lowest BCUT2D eigenvalue weighted by atomic mass is 10.1. The van der Waals surface area contributed by atoms with Crippen molar-refractivity contribution in [2.45, 2.75) is 77.7 Å². The topological polar surface area (TPSA) is 43.2 Å². The van der Waals surface area contributed by atoms with Gasteiger partial charge in [-0.3, -0.25) is 4.90 Å². The maximum absolute atomic E-state index is 6.36. The van der Waals surface area contributed by atoms with Crippen LogP contribution < -0.4 is 0 Å². The molecule has 1 saturated carbocycles. The molecular formula is C17H30N4O. The normalized spacial score (nSPS) is 26.7. The quantitative estimate of drug-likeness (QED) is 0.776. The smallest absolute Gasteiger partial charge is 0.147 e. The molecule has 1 aliphatic carbocycles. The lowest BCUT2D eigenvalue weighted by molar-refractivity contribution is -0.100. The standard InChI is InChI=1S/C17H30N4O/c1-4-5-6-15-9-20(10-16(22-15)14-7-8-14)11-17-19-18-12-21(17)13(2)3/h12-16H,4-11H2,1-3H3/t15-,16-/m1/s1. The zero-order valence-electron chi connectivity index (χ0n) is 14.2. The molecule has 22 heavy (non-hydrogen) atoms. The van der Waals surface area contributed by atoms with Gasteiger partial charge >= 0.3 is 0 Å². The zero-order valence-corrected chi connectivity index (χ0v) is 14.2. The Bertz CT molecular complexity index is 469. The number of unbranched alkanes of at least 4 members (excludes halogenated alkanes) is 1. The summed E-state index contributed by atoms with van der Waals surface area (Å²) < 4.78 is 8.54. The minimum absolute atomic E-state index is 0.398. The fourth-order valence-electron chi connectivity index (χ4n) is 3.41. The van der Waals surface area contributed by atoms with Crippen LogP contribution in [0.3, 0.4) is 0 Å². The Kier molecular flexibility index (Phi) is 5.14. The van der Waals surface area contributed by atoms with Gasteiger partial charge in [0, 0.05) is 19.1 Å². The van der Waals surface area contributed by atoms with Gasteiger partial charge in [-0.25, -0.2) is 0 Å². The van der Waals surface area contributed by atoms with Gasteiger partial charge in [0.25, 0.3) is 0 Å². The minimum atomic E-state index is 0.398. The second-order valence-corrected chi connectivity index (χ2v) is 7.22. The summed E-state index contributed by atoms with van der Waals surface area (Å²) in [6, 6.07) is 0.418. The molecule has 2 aliphatic rings. The van der Waals surface area contributed by atoms with Crippen LogP contribution in [0.15, 0.2) is 6.33 Å². The van der Waals surface area contributed by atoms with Gasteiger partial charge in [-0.15, -0.1) is 10.2 Å². The monoisotopic (exact) mass is 306 g/mol. The van der Waals surface area contributed by atoms with E-state index in [0.717, 1.165) is 31.4 Å². The van der Waals surface area contributed by atoms with Crippen molar-refractivity contribution in [3.63, 3.8) is 0 Å². The van der Waals surface area contributed by atoms with Crippen molar-refractivity contribution >= 4 is 0 Å². The summed E-state index contributed by atoms with van der Waals surface area (Å²) in [5, 5.41) is 8.43. The fraction of sp³-hybridized carbons (Fsp3) is 0.882. The number of hydrogen-bond acceptors (Lipinski definition) is 4. The molecule has 0 aromatic carbocycles. The lowest BCUT2D eigenvalue weighted by Gasteiger charge is -2.38. The summed E-state index contributed by atoms with van der Waals surface area (Å²) in [5.74, 6) is 1.88. The molecule has 3 rings (SSSR count). The van der Waals surface area contributed by atoms with Gasteiger partial charge in [0.05, 0.1) is 18.8 Å². The van der Waals surface area contributed by atoms with E-state index >= 15 is 0 Å². The van der Waals surface area contributed by atoms with Crippen LogP contribution in [-0.4, -0.2) is 45.0 Å². The molecule has 0 unspecified atom stereocenters. The number of nitrogens with zero attached hydrogens (tertiary/aromatic N) is 4. The van der Waals surface area contributed by atoms with Crippen LogP contribution >= 0.6 is 0 Å². The summed E-state index contributed by atoms with van der Waals surface area (Å²) in [6.07, 6.45) is 9.08. The Labute approximate surface area is 134 Å². The van der Waals surface area contributed by atoms with Gasteiger partial charge in [0.15, 0.2) is 0 Å². The first-order chi connectivity index (χ1) is 10.7. The SMILES string of the molecule is CCCC[C@@H]1CN(Cc2nncn2C(C)C)C[C@H](C2CC2)O1. The van der Waals surface area contributed by atoms with Crippen molar-refractivity contribution in [1.82, 2.24) is 19.7 Å². The van der Waals surface area contributed by atoms with Crippen LogP contribution in [-0.2, 0) is 11.3 Å². The summed E-state index contributed by atoms with van der Waals surface area (Å²) >= 11 is 0. The summed E-state index contributed by atoms with van der Waals surface area (Å²) in [5.41, 5.74) is 0. The van der Waals surface area contributed by atoms with Crippen molar-refractivity contribution in [2.75, 3.05) is 13.1 Å². The number of aromatic nitrogens is 3. The van der Waals surface area contributed by atoms with Crippen molar-refractivity contribution in [1.29, 1.82) is 0 Å². The number of rotatable bonds is 7. The predicted octanol–water partition coefficient (Wildman–Crippen LogP) is 3.03. The Morgan fingerprint density at radius 3 is 2.82 bits per heavy atom. The van der Waals surface area contributed by atoms with Crippen LogP contribution in [0.5, 0.6) is 0 Å². The molecule has 0 amide bonds. The third-order valence-electron chi connectivity index (χ3n) is 4.86. The molecule has 2 atom stereocenters. The van der Waals surface area contributed by atoms with Crippen molar-refractivity contribution in [3.8, 4) is 0 Å². The first-order valence-corrected chi connectivity index (χ1v) is 8.93. The zero-order chi connectivity index (χ0) is 15.5. The summed E-state index contributed by atoms with van der Waals surface area (Å²) in [7, 11) is 0. The first-order valence-electron chi connectivity index (χ1n) is 8.93. The molecule has 0 bridgehead atoms. The summed E-state index contributed by atoms with van der Waals surface area (Å²) in [6.45, 7) is 9.61. The molecule has 2 heterocycles. The number of ether oxygens (including phenoxy) is 1. The van der Waals surface area contributed by atoms with E-state index in [1.807, 2.05) is 6.33 Å². The molecule has 5 nitrogen and oxygen atoms in total. The van der Waals surface area contributed by atoms with Crippen molar-refractivity contribution in [3.05, 3.63) is 12.2 Å². The fourth-order valence-corrected chi connectivity index (χ4v) is 3.41. The van der Waals surface area contributed by atoms with Gasteiger partial charge in [-0.1, -0.05) is 19.8 Å². The Balaban J connectivity index is 1.64. The second-order valence-electron chi connectivity index (χ2n) is 7.22. The molecule has 2 fully saturated rings. The molecule has 0 spiro atoms. The number of hydrogen-bond donors (Lipinski definition) is 0. The van der Waals surface area contributed by atoms with Crippen LogP contribution in [0.4, 0.5) is 0 Å². The van der Waals surface area contributed by atoms with E-state index in [1.54, 1.807) is 0 Å². The second kappa shape index (κ2) is 7.09. The van der Waals surface area contributed by atoms with E-state index in [9.17, 15) is 0 Å². The number of morpholine rings is 1. The average Bonchev–Trinajstić information content (AvgIpc) is 3.25. The lowest BCUT2D eigenvalue weighted by Crippen LogP contribution is -2.48. The molecule has 5 heteroatoms. The highest BCUT2D eigenvalue weighted by Gasteiger charge is 2.38. The van der Waals surface area contributed by atoms with E-state index in [2.05, 4.69) is 40.4 Å². The third-order valence-corrected chi connectivity index (χ3v) is 4.86. The third kappa shape index (κ3) is 3.87. The molecule has 0 N–H and O–H groups in total. The molecule has 1 aliphatic heterocycles. The van der Waals surface area contributed by atoms with E-state index < -0.39 is 0 Å². The van der Waals surface area contributed by atoms with E-state index in [4.69, 9.17) is 4.74 Å². The first kappa shape index (κ1) is 15.9. The van der Waals surface area contributed by atoms with Crippen LogP contribution in [0.1, 0.15) is 64.7 Å². The molecule has 0 radical (unpaired) electrons. The van der Waals surface area contributed by atoms with E-state index in [1.165, 1.54) is 32.1 Å². The van der Waals surface area contributed by atoms with Crippen molar-refractivity contribution in [2.24, 2.45) is 5.92 Å². The minimum Gasteiger partial charge on any atom is -0.372 e.